The molecule has 0 radical (unpaired) electrons. The van der Waals surface area contributed by atoms with Gasteiger partial charge in [-0.25, -0.2) is 4.98 Å². The van der Waals surface area contributed by atoms with Crippen molar-refractivity contribution in [3.05, 3.63) is 22.9 Å². The minimum atomic E-state index is 0.478. The first-order chi connectivity index (χ1) is 10.3. The number of nitrogens with zero attached hydrogens (tertiary/aromatic N) is 3. The second kappa shape index (κ2) is 4.99. The van der Waals surface area contributed by atoms with Gasteiger partial charge in [0.05, 0.1) is 5.56 Å². The molecule has 0 saturated carbocycles. The molecule has 0 aromatic carbocycles. The van der Waals surface area contributed by atoms with Gasteiger partial charge in [0, 0.05) is 31.4 Å². The van der Waals surface area contributed by atoms with Crippen LogP contribution >= 0.6 is 0 Å². The van der Waals surface area contributed by atoms with Crippen molar-refractivity contribution in [3.8, 4) is 6.07 Å². The van der Waals surface area contributed by atoms with E-state index in [0.29, 0.717) is 17.9 Å². The van der Waals surface area contributed by atoms with E-state index in [2.05, 4.69) is 29.3 Å². The molecule has 2 fully saturated rings. The third kappa shape index (κ3) is 2.03. The number of pyridine rings is 1. The minimum Gasteiger partial charge on any atom is -0.352 e. The summed E-state index contributed by atoms with van der Waals surface area (Å²) in [7, 11) is 0. The Morgan fingerprint density at radius 2 is 2.19 bits per heavy atom. The van der Waals surface area contributed by atoms with E-state index >= 15 is 0 Å². The summed E-state index contributed by atoms with van der Waals surface area (Å²) in [6, 6.07) is 4.97. The fourth-order valence-corrected chi connectivity index (χ4v) is 4.37. The zero-order valence-corrected chi connectivity index (χ0v) is 12.6. The first-order valence-electron chi connectivity index (χ1n) is 8.18. The maximum Gasteiger partial charge on any atom is 0.147 e. The van der Waals surface area contributed by atoms with Gasteiger partial charge >= 0.3 is 0 Å². The van der Waals surface area contributed by atoms with Crippen molar-refractivity contribution >= 4 is 5.82 Å². The molecule has 2 aliphatic heterocycles. The number of aromatic nitrogens is 1. The van der Waals surface area contributed by atoms with Crippen molar-refractivity contribution in [2.75, 3.05) is 24.5 Å². The second-order valence-corrected chi connectivity index (χ2v) is 6.76. The van der Waals surface area contributed by atoms with E-state index in [1.807, 2.05) is 0 Å². The monoisotopic (exact) mass is 282 g/mol. The SMILES string of the molecule is CC1C2CNCC2CN1c1nc2c(cc1C#N)CCCC2. The van der Waals surface area contributed by atoms with Crippen LogP contribution < -0.4 is 10.2 Å². The molecule has 3 aliphatic rings. The van der Waals surface area contributed by atoms with Gasteiger partial charge in [0.25, 0.3) is 0 Å². The van der Waals surface area contributed by atoms with Crippen LogP contribution in [0.5, 0.6) is 0 Å². The van der Waals surface area contributed by atoms with E-state index in [1.165, 1.54) is 24.1 Å². The van der Waals surface area contributed by atoms with Crippen LogP contribution in [0.25, 0.3) is 0 Å². The van der Waals surface area contributed by atoms with Crippen molar-refractivity contribution in [3.63, 3.8) is 0 Å². The molecule has 4 rings (SSSR count). The Kier molecular flexibility index (Phi) is 3.11. The Hall–Kier alpha value is -1.60. The van der Waals surface area contributed by atoms with E-state index in [-0.39, 0.29) is 0 Å². The number of nitrogens with one attached hydrogen (secondary N) is 1. The molecule has 4 nitrogen and oxygen atoms in total. The molecule has 4 heteroatoms. The Bertz CT molecular complexity index is 604. The van der Waals surface area contributed by atoms with Crippen molar-refractivity contribution in [2.45, 2.75) is 38.6 Å². The summed E-state index contributed by atoms with van der Waals surface area (Å²) in [5.74, 6) is 2.36. The van der Waals surface area contributed by atoms with Gasteiger partial charge in [0.1, 0.15) is 11.9 Å². The van der Waals surface area contributed by atoms with Crippen molar-refractivity contribution in [2.24, 2.45) is 11.8 Å². The van der Waals surface area contributed by atoms with Crippen LogP contribution in [0.3, 0.4) is 0 Å². The quantitative estimate of drug-likeness (QED) is 0.854. The highest BCUT2D eigenvalue weighted by Crippen LogP contribution is 2.37. The predicted octanol–water partition coefficient (Wildman–Crippen LogP) is 1.88. The molecule has 1 aliphatic carbocycles. The Balaban J connectivity index is 1.73. The summed E-state index contributed by atoms with van der Waals surface area (Å²) in [5.41, 5.74) is 3.31. The topological polar surface area (TPSA) is 52.0 Å². The lowest BCUT2D eigenvalue weighted by Gasteiger charge is -2.28. The maximum absolute atomic E-state index is 9.54. The molecule has 3 atom stereocenters. The molecule has 1 aromatic rings. The van der Waals surface area contributed by atoms with Gasteiger partial charge in [0.2, 0.25) is 0 Å². The average Bonchev–Trinajstić information content (AvgIpc) is 3.09. The van der Waals surface area contributed by atoms with Gasteiger partial charge in [-0.2, -0.15) is 5.26 Å². The smallest absolute Gasteiger partial charge is 0.147 e. The fourth-order valence-electron chi connectivity index (χ4n) is 4.37. The zero-order valence-electron chi connectivity index (χ0n) is 12.6. The van der Waals surface area contributed by atoms with Crippen LogP contribution in [0.15, 0.2) is 6.07 Å². The summed E-state index contributed by atoms with van der Waals surface area (Å²) >= 11 is 0. The van der Waals surface area contributed by atoms with E-state index in [9.17, 15) is 5.26 Å². The standard InChI is InChI=1S/C17H22N4/c1-11-15-9-19-8-14(15)10-21(11)17-13(7-18)6-12-4-2-3-5-16(12)20-17/h6,11,14-15,19H,2-5,8-10H2,1H3. The average molecular weight is 282 g/mol. The van der Waals surface area contributed by atoms with E-state index in [4.69, 9.17) is 4.98 Å². The molecule has 1 aromatic heterocycles. The summed E-state index contributed by atoms with van der Waals surface area (Å²) in [6.07, 6.45) is 4.62. The molecule has 21 heavy (non-hydrogen) atoms. The van der Waals surface area contributed by atoms with Crippen LogP contribution in [0.4, 0.5) is 5.82 Å². The summed E-state index contributed by atoms with van der Waals surface area (Å²) in [4.78, 5) is 7.32. The van der Waals surface area contributed by atoms with Crippen LogP contribution in [-0.2, 0) is 12.8 Å². The molecule has 0 spiro atoms. The van der Waals surface area contributed by atoms with Gasteiger partial charge in [-0.3, -0.25) is 0 Å². The maximum atomic E-state index is 9.54. The van der Waals surface area contributed by atoms with Gasteiger partial charge in [-0.05, 0) is 56.1 Å². The molecule has 0 amide bonds. The highest BCUT2D eigenvalue weighted by Gasteiger charge is 2.43. The number of fused-ring (bicyclic) bond motifs is 2. The van der Waals surface area contributed by atoms with Crippen molar-refractivity contribution < 1.29 is 0 Å². The van der Waals surface area contributed by atoms with E-state index in [1.54, 1.807) is 0 Å². The Labute approximate surface area is 126 Å². The molecule has 0 bridgehead atoms. The Morgan fingerprint density at radius 1 is 1.33 bits per heavy atom. The molecular formula is C17H22N4. The largest absolute Gasteiger partial charge is 0.352 e. The highest BCUT2D eigenvalue weighted by atomic mass is 15.3. The lowest BCUT2D eigenvalue weighted by Crippen LogP contribution is -2.34. The van der Waals surface area contributed by atoms with Gasteiger partial charge in [-0.15, -0.1) is 0 Å². The summed E-state index contributed by atoms with van der Waals surface area (Å²) in [6.45, 7) is 5.55. The number of rotatable bonds is 1. The molecule has 2 saturated heterocycles. The molecule has 3 heterocycles. The lowest BCUT2D eigenvalue weighted by molar-refractivity contribution is 0.471. The minimum absolute atomic E-state index is 0.478. The van der Waals surface area contributed by atoms with Crippen LogP contribution in [0.1, 0.15) is 36.6 Å². The van der Waals surface area contributed by atoms with Crippen LogP contribution in [0, 0.1) is 23.2 Å². The summed E-state index contributed by atoms with van der Waals surface area (Å²) in [5, 5.41) is 13.0. The summed E-state index contributed by atoms with van der Waals surface area (Å²) < 4.78 is 0. The fraction of sp³-hybridized carbons (Fsp3) is 0.647. The Morgan fingerprint density at radius 3 is 3.00 bits per heavy atom. The normalized spacial score (nSPS) is 30.9. The van der Waals surface area contributed by atoms with Crippen molar-refractivity contribution in [1.29, 1.82) is 5.26 Å². The first-order valence-corrected chi connectivity index (χ1v) is 8.18. The first kappa shape index (κ1) is 13.1. The lowest BCUT2D eigenvalue weighted by atomic mass is 9.94. The molecule has 3 unspecified atom stereocenters. The number of hydrogen-bond acceptors (Lipinski definition) is 4. The second-order valence-electron chi connectivity index (χ2n) is 6.76. The number of nitriles is 1. The number of hydrogen-bond donors (Lipinski definition) is 1. The third-order valence-electron chi connectivity index (χ3n) is 5.61. The van der Waals surface area contributed by atoms with E-state index < -0.39 is 0 Å². The van der Waals surface area contributed by atoms with Crippen LogP contribution in [-0.4, -0.2) is 30.7 Å². The van der Waals surface area contributed by atoms with Crippen molar-refractivity contribution in [1.82, 2.24) is 10.3 Å². The molecule has 110 valence electrons. The molecule has 1 N–H and O–H groups in total. The van der Waals surface area contributed by atoms with Gasteiger partial charge in [-0.1, -0.05) is 0 Å². The third-order valence-corrected chi connectivity index (χ3v) is 5.61. The predicted molar refractivity (Wildman–Crippen MR) is 82.3 cm³/mol. The van der Waals surface area contributed by atoms with Crippen LogP contribution in [0.2, 0.25) is 0 Å². The van der Waals surface area contributed by atoms with E-state index in [0.717, 1.165) is 43.9 Å². The zero-order chi connectivity index (χ0) is 14.4. The number of anilines is 1. The number of aryl methyl sites for hydroxylation is 2. The van der Waals surface area contributed by atoms with Gasteiger partial charge < -0.3 is 10.2 Å². The highest BCUT2D eigenvalue weighted by molar-refractivity contribution is 5.58. The van der Waals surface area contributed by atoms with Gasteiger partial charge in [0.15, 0.2) is 0 Å². The molecular weight excluding hydrogens is 260 g/mol.